The summed E-state index contributed by atoms with van der Waals surface area (Å²) >= 11 is 0. The van der Waals surface area contributed by atoms with Crippen LogP contribution in [0, 0.1) is 17.3 Å². The number of amides is 2. The summed E-state index contributed by atoms with van der Waals surface area (Å²) in [5.41, 5.74) is 6.05. The quantitative estimate of drug-likeness (QED) is 0.899. The Morgan fingerprint density at radius 2 is 2.00 bits per heavy atom. The summed E-state index contributed by atoms with van der Waals surface area (Å²) in [5.74, 6) is 1.57. The van der Waals surface area contributed by atoms with Gasteiger partial charge in [0.1, 0.15) is 5.75 Å². The molecule has 2 amide bonds. The zero-order valence-electron chi connectivity index (χ0n) is 13.0. The van der Waals surface area contributed by atoms with E-state index in [-0.39, 0.29) is 5.91 Å². The Bertz CT molecular complexity index is 598. The molecule has 1 aliphatic carbocycles. The molecule has 1 aromatic rings. The standard InChI is InChI=1S/C17H22N2O3/c1-17(2)13-9-19(10-14(13)17)15(20)6-7-22-12-5-3-4-11(8-12)16(18)21/h3-5,8,13-14H,6-7,9-10H2,1-2H3,(H2,18,21)/t13-,14+. The second kappa shape index (κ2) is 5.30. The van der Waals surface area contributed by atoms with Gasteiger partial charge >= 0.3 is 0 Å². The fourth-order valence-corrected chi connectivity index (χ4v) is 3.49. The first-order valence-electron chi connectivity index (χ1n) is 7.70. The summed E-state index contributed by atoms with van der Waals surface area (Å²) in [4.78, 5) is 25.2. The molecule has 0 unspecified atom stereocenters. The average molecular weight is 302 g/mol. The molecule has 0 spiro atoms. The third-order valence-electron chi connectivity index (χ3n) is 5.18. The minimum atomic E-state index is -0.486. The molecule has 5 nitrogen and oxygen atoms in total. The predicted octanol–water partition coefficient (Wildman–Crippen LogP) is 1.67. The van der Waals surface area contributed by atoms with Crippen molar-refractivity contribution < 1.29 is 14.3 Å². The van der Waals surface area contributed by atoms with Gasteiger partial charge in [0.15, 0.2) is 0 Å². The fraction of sp³-hybridized carbons (Fsp3) is 0.529. The van der Waals surface area contributed by atoms with Gasteiger partial charge in [-0.2, -0.15) is 0 Å². The van der Waals surface area contributed by atoms with Gasteiger partial charge in [0.05, 0.1) is 13.0 Å². The maximum absolute atomic E-state index is 12.2. The van der Waals surface area contributed by atoms with E-state index in [9.17, 15) is 9.59 Å². The summed E-state index contributed by atoms with van der Waals surface area (Å²) in [6.45, 7) is 6.63. The Balaban J connectivity index is 1.45. The molecule has 2 N–H and O–H groups in total. The van der Waals surface area contributed by atoms with Crippen LogP contribution < -0.4 is 10.5 Å². The maximum atomic E-state index is 12.2. The molecule has 0 radical (unpaired) electrons. The number of rotatable bonds is 5. The number of carbonyl (C=O) groups is 2. The number of nitrogens with two attached hydrogens (primary N) is 1. The van der Waals surface area contributed by atoms with E-state index < -0.39 is 5.91 Å². The molecule has 1 aliphatic heterocycles. The number of ether oxygens (including phenoxy) is 1. The lowest BCUT2D eigenvalue weighted by Crippen LogP contribution is -2.33. The Hall–Kier alpha value is -2.04. The second-order valence-electron chi connectivity index (χ2n) is 6.82. The number of carbonyl (C=O) groups excluding carboxylic acids is 2. The van der Waals surface area contributed by atoms with Gasteiger partial charge in [-0.1, -0.05) is 19.9 Å². The van der Waals surface area contributed by atoms with E-state index in [2.05, 4.69) is 13.8 Å². The predicted molar refractivity (Wildman–Crippen MR) is 82.4 cm³/mol. The minimum absolute atomic E-state index is 0.147. The lowest BCUT2D eigenvalue weighted by molar-refractivity contribution is -0.131. The number of benzene rings is 1. The molecule has 2 fully saturated rings. The highest BCUT2D eigenvalue weighted by Gasteiger charge is 2.62. The molecule has 0 aromatic heterocycles. The molecule has 0 bridgehead atoms. The highest BCUT2D eigenvalue weighted by Crippen LogP contribution is 2.61. The van der Waals surface area contributed by atoms with Gasteiger partial charge in [0.25, 0.3) is 0 Å². The molecular weight excluding hydrogens is 280 g/mol. The Morgan fingerprint density at radius 3 is 2.64 bits per heavy atom. The van der Waals surface area contributed by atoms with Crippen molar-refractivity contribution in [3.63, 3.8) is 0 Å². The molecule has 118 valence electrons. The van der Waals surface area contributed by atoms with Crippen LogP contribution in [0.5, 0.6) is 5.75 Å². The monoisotopic (exact) mass is 302 g/mol. The number of likely N-dealkylation sites (tertiary alicyclic amines) is 1. The van der Waals surface area contributed by atoms with Gasteiger partial charge in [0, 0.05) is 18.7 Å². The normalized spacial score (nSPS) is 24.7. The van der Waals surface area contributed by atoms with Crippen molar-refractivity contribution in [2.75, 3.05) is 19.7 Å². The molecule has 1 saturated heterocycles. The lowest BCUT2D eigenvalue weighted by atomic mass is 10.1. The van der Waals surface area contributed by atoms with Gasteiger partial charge in [0.2, 0.25) is 11.8 Å². The topological polar surface area (TPSA) is 72.6 Å². The van der Waals surface area contributed by atoms with E-state index in [4.69, 9.17) is 10.5 Å². The van der Waals surface area contributed by atoms with E-state index in [0.717, 1.165) is 13.1 Å². The smallest absolute Gasteiger partial charge is 0.248 e. The number of primary amides is 1. The molecule has 22 heavy (non-hydrogen) atoms. The zero-order chi connectivity index (χ0) is 15.9. The van der Waals surface area contributed by atoms with Gasteiger partial charge < -0.3 is 15.4 Å². The van der Waals surface area contributed by atoms with Crippen molar-refractivity contribution in [2.24, 2.45) is 23.0 Å². The first-order chi connectivity index (χ1) is 10.4. The summed E-state index contributed by atoms with van der Waals surface area (Å²) < 4.78 is 5.55. The molecule has 1 heterocycles. The summed E-state index contributed by atoms with van der Waals surface area (Å²) in [7, 11) is 0. The van der Waals surface area contributed by atoms with Gasteiger partial charge in [-0.15, -0.1) is 0 Å². The molecule has 3 rings (SSSR count). The first-order valence-corrected chi connectivity index (χ1v) is 7.70. The molecule has 1 aromatic carbocycles. The summed E-state index contributed by atoms with van der Waals surface area (Å²) in [6.07, 6.45) is 0.362. The number of piperidine rings is 1. The maximum Gasteiger partial charge on any atom is 0.248 e. The van der Waals surface area contributed by atoms with Crippen LogP contribution in [0.3, 0.4) is 0 Å². The van der Waals surface area contributed by atoms with Gasteiger partial charge in [-0.25, -0.2) is 0 Å². The molecule has 5 heteroatoms. The van der Waals surface area contributed by atoms with Crippen LogP contribution in [-0.4, -0.2) is 36.4 Å². The van der Waals surface area contributed by atoms with Crippen molar-refractivity contribution in [3.05, 3.63) is 29.8 Å². The van der Waals surface area contributed by atoms with Crippen LogP contribution in [0.25, 0.3) is 0 Å². The molecular formula is C17H22N2O3. The van der Waals surface area contributed by atoms with Crippen LogP contribution in [-0.2, 0) is 4.79 Å². The highest BCUT2D eigenvalue weighted by molar-refractivity contribution is 5.93. The summed E-state index contributed by atoms with van der Waals surface area (Å²) in [5, 5.41) is 0. The van der Waals surface area contributed by atoms with Crippen molar-refractivity contribution in [1.29, 1.82) is 0 Å². The number of hydrogen-bond acceptors (Lipinski definition) is 3. The Morgan fingerprint density at radius 1 is 1.32 bits per heavy atom. The van der Waals surface area contributed by atoms with Crippen LogP contribution in [0.2, 0.25) is 0 Å². The van der Waals surface area contributed by atoms with E-state index in [1.165, 1.54) is 0 Å². The van der Waals surface area contributed by atoms with Gasteiger partial charge in [-0.3, -0.25) is 9.59 Å². The third-order valence-corrected chi connectivity index (χ3v) is 5.18. The largest absolute Gasteiger partial charge is 0.493 e. The zero-order valence-corrected chi connectivity index (χ0v) is 13.0. The van der Waals surface area contributed by atoms with Crippen LogP contribution in [0.15, 0.2) is 24.3 Å². The Kier molecular flexibility index (Phi) is 3.59. The Labute approximate surface area is 130 Å². The number of nitrogens with zero attached hydrogens (tertiary/aromatic N) is 1. The first kappa shape index (κ1) is 14.9. The lowest BCUT2D eigenvalue weighted by Gasteiger charge is -2.22. The second-order valence-corrected chi connectivity index (χ2v) is 6.82. The fourth-order valence-electron chi connectivity index (χ4n) is 3.49. The van der Waals surface area contributed by atoms with E-state index in [1.54, 1.807) is 24.3 Å². The number of fused-ring (bicyclic) bond motifs is 1. The van der Waals surface area contributed by atoms with E-state index in [1.807, 2.05) is 4.90 Å². The number of hydrogen-bond donors (Lipinski definition) is 1. The third kappa shape index (κ3) is 2.67. The highest BCUT2D eigenvalue weighted by atomic mass is 16.5. The van der Waals surface area contributed by atoms with Crippen molar-refractivity contribution >= 4 is 11.8 Å². The van der Waals surface area contributed by atoms with Crippen molar-refractivity contribution in [1.82, 2.24) is 4.90 Å². The van der Waals surface area contributed by atoms with Crippen LogP contribution in [0.1, 0.15) is 30.6 Å². The van der Waals surface area contributed by atoms with Gasteiger partial charge in [-0.05, 0) is 35.4 Å². The summed E-state index contributed by atoms with van der Waals surface area (Å²) in [6, 6.07) is 6.71. The molecule has 1 saturated carbocycles. The minimum Gasteiger partial charge on any atom is -0.493 e. The van der Waals surface area contributed by atoms with Crippen molar-refractivity contribution in [3.8, 4) is 5.75 Å². The van der Waals surface area contributed by atoms with E-state index >= 15 is 0 Å². The van der Waals surface area contributed by atoms with E-state index in [0.29, 0.717) is 41.6 Å². The molecule has 2 aliphatic rings. The SMILES string of the molecule is CC1(C)[C@@H]2CN(C(=O)CCOc3cccc(C(N)=O)c3)C[C@@H]21. The van der Waals surface area contributed by atoms with Crippen LogP contribution >= 0.6 is 0 Å². The average Bonchev–Trinajstić information content (AvgIpc) is 2.86. The van der Waals surface area contributed by atoms with Crippen molar-refractivity contribution in [2.45, 2.75) is 20.3 Å². The molecule has 2 atom stereocenters. The van der Waals surface area contributed by atoms with Crippen LogP contribution in [0.4, 0.5) is 0 Å².